The predicted molar refractivity (Wildman–Crippen MR) is 47.3 cm³/mol. The Morgan fingerprint density at radius 2 is 2.30 bits per heavy atom. The molecule has 0 spiro atoms. The molecule has 1 aliphatic carbocycles. The summed E-state index contributed by atoms with van der Waals surface area (Å²) in [4.78, 5) is 0. The van der Waals surface area contributed by atoms with Crippen LogP contribution in [0.2, 0.25) is 2.52 Å². The van der Waals surface area contributed by atoms with Gasteiger partial charge in [-0.1, -0.05) is 0 Å². The fraction of sp³-hybridized carbons (Fsp3) is 0.556. The van der Waals surface area contributed by atoms with Gasteiger partial charge in [0.05, 0.1) is 0 Å². The van der Waals surface area contributed by atoms with Crippen molar-refractivity contribution in [3.63, 3.8) is 0 Å². The third-order valence-corrected chi connectivity index (χ3v) is 4.95. The Morgan fingerprint density at radius 3 is 2.90 bits per heavy atom. The average Bonchev–Trinajstić information content (AvgIpc) is 2.36. The van der Waals surface area contributed by atoms with E-state index in [1.807, 2.05) is 1.67 Å². The summed E-state index contributed by atoms with van der Waals surface area (Å²) in [6.45, 7) is 4.60. The van der Waals surface area contributed by atoms with Crippen molar-refractivity contribution in [1.29, 1.82) is 0 Å². The van der Waals surface area contributed by atoms with Crippen molar-refractivity contribution < 1.29 is 0 Å². The van der Waals surface area contributed by atoms with E-state index in [1.54, 1.807) is 5.57 Å². The Kier molecular flexibility index (Phi) is 4.05. The molecular formula is C9H14Ca. The molecule has 0 aromatic carbocycles. The summed E-state index contributed by atoms with van der Waals surface area (Å²) in [5, 5.41) is 0. The van der Waals surface area contributed by atoms with Gasteiger partial charge in [0.1, 0.15) is 0 Å². The van der Waals surface area contributed by atoms with E-state index < -0.39 is 0 Å². The third kappa shape index (κ3) is 2.11. The first-order valence-corrected chi connectivity index (χ1v) is 6.92. The van der Waals surface area contributed by atoms with Gasteiger partial charge in [-0.05, 0) is 0 Å². The van der Waals surface area contributed by atoms with Crippen molar-refractivity contribution in [2.45, 2.75) is 29.2 Å². The molecule has 0 aliphatic heterocycles. The van der Waals surface area contributed by atoms with E-state index in [4.69, 9.17) is 0 Å². The topological polar surface area (TPSA) is 0 Å². The minimum absolute atomic E-state index is 0.244. The average molecular weight is 162 g/mol. The first-order chi connectivity index (χ1) is 4.88. The summed E-state index contributed by atoms with van der Waals surface area (Å²) < 4.78 is 3.34. The van der Waals surface area contributed by atoms with Crippen molar-refractivity contribution in [3.8, 4) is 0 Å². The van der Waals surface area contributed by atoms with E-state index in [-0.39, 0.29) is 33.8 Å². The van der Waals surface area contributed by atoms with E-state index in [0.717, 1.165) is 0 Å². The summed E-state index contributed by atoms with van der Waals surface area (Å²) in [6.07, 6.45) is 7.22. The molecule has 0 aromatic heterocycles. The normalized spacial score (nSPS) is 16.2. The molecule has 1 aliphatic rings. The van der Waals surface area contributed by atoms with Crippen LogP contribution in [0.4, 0.5) is 0 Å². The van der Waals surface area contributed by atoms with Gasteiger partial charge in [0.2, 0.25) is 0 Å². The predicted octanol–water partition coefficient (Wildman–Crippen LogP) is 2.75. The van der Waals surface area contributed by atoms with Crippen LogP contribution in [0.5, 0.6) is 0 Å². The Balaban J connectivity index is 2.56. The second-order valence-electron chi connectivity index (χ2n) is 2.84. The monoisotopic (exact) mass is 162 g/mol. The van der Waals surface area contributed by atoms with E-state index in [1.165, 1.54) is 15.4 Å². The Bertz CT molecular complexity index is 166. The molecule has 0 radical (unpaired) electrons. The van der Waals surface area contributed by atoms with Crippen LogP contribution < -0.4 is 0 Å². The molecule has 0 heterocycles. The second-order valence-corrected chi connectivity index (χ2v) is 6.51. The van der Waals surface area contributed by atoms with Crippen molar-refractivity contribution in [2.24, 2.45) is 0 Å². The Hall–Kier alpha value is 0.740. The van der Waals surface area contributed by atoms with Crippen molar-refractivity contribution in [2.75, 3.05) is 0 Å². The molecule has 0 nitrogen and oxygen atoms in total. The number of hydrogen-bond acceptors (Lipinski definition) is 0. The molecule has 0 saturated carbocycles. The zero-order chi connectivity index (χ0) is 7.40. The van der Waals surface area contributed by atoms with Gasteiger partial charge in [-0.2, -0.15) is 0 Å². The summed E-state index contributed by atoms with van der Waals surface area (Å²) in [6, 6.07) is 0. The SMILES string of the molecule is C[CH2][Ca][C]1=C(CC)C=CC1. The van der Waals surface area contributed by atoms with Crippen molar-refractivity contribution >= 4 is 33.8 Å². The standard InChI is InChI=1S/C7H9.C2H5.Ca/c1-2-7-5-3-4-6-7;1-2;/h3,5H,2,4H2,1H3;1H2,2H3;. The summed E-state index contributed by atoms with van der Waals surface area (Å²) in [7, 11) is 0. The zero-order valence-corrected chi connectivity index (χ0v) is 9.19. The van der Waals surface area contributed by atoms with Gasteiger partial charge < -0.3 is 0 Å². The van der Waals surface area contributed by atoms with Crippen LogP contribution in [0.25, 0.3) is 0 Å². The molecular weight excluding hydrogens is 148 g/mol. The number of rotatable bonds is 3. The molecule has 0 amide bonds. The minimum atomic E-state index is -0.244. The maximum atomic E-state index is 2.33. The van der Waals surface area contributed by atoms with Gasteiger partial charge >= 0.3 is 82.4 Å². The maximum absolute atomic E-state index is 2.33. The Morgan fingerprint density at radius 1 is 1.50 bits per heavy atom. The number of allylic oxidation sites excluding steroid dienone is 4. The van der Waals surface area contributed by atoms with Gasteiger partial charge in [-0.15, -0.1) is 0 Å². The molecule has 0 saturated heterocycles. The van der Waals surface area contributed by atoms with E-state index in [9.17, 15) is 0 Å². The molecule has 0 atom stereocenters. The molecule has 0 unspecified atom stereocenters. The first kappa shape index (κ1) is 8.83. The van der Waals surface area contributed by atoms with Gasteiger partial charge in [0.25, 0.3) is 0 Å². The van der Waals surface area contributed by atoms with Gasteiger partial charge in [0.15, 0.2) is 0 Å². The van der Waals surface area contributed by atoms with Crippen LogP contribution in [-0.4, -0.2) is 33.8 Å². The molecule has 1 heteroatoms. The zero-order valence-electron chi connectivity index (χ0n) is 6.98. The van der Waals surface area contributed by atoms with Crippen molar-refractivity contribution in [1.82, 2.24) is 0 Å². The van der Waals surface area contributed by atoms with Crippen LogP contribution in [0.15, 0.2) is 19.4 Å². The van der Waals surface area contributed by atoms with Gasteiger partial charge in [-0.3, -0.25) is 0 Å². The first-order valence-electron chi connectivity index (χ1n) is 4.26. The van der Waals surface area contributed by atoms with Crippen LogP contribution >= 0.6 is 0 Å². The summed E-state index contributed by atoms with van der Waals surface area (Å²) in [5.41, 5.74) is 1.67. The van der Waals surface area contributed by atoms with Crippen LogP contribution in [0.1, 0.15) is 26.7 Å². The van der Waals surface area contributed by atoms with E-state index in [2.05, 4.69) is 26.0 Å². The number of hydrogen-bond donors (Lipinski definition) is 0. The molecule has 0 bridgehead atoms. The summed E-state index contributed by atoms with van der Waals surface area (Å²) >= 11 is -0.244. The van der Waals surface area contributed by atoms with E-state index in [0.29, 0.717) is 0 Å². The second kappa shape index (κ2) is 4.58. The van der Waals surface area contributed by atoms with Crippen molar-refractivity contribution in [3.05, 3.63) is 19.4 Å². The van der Waals surface area contributed by atoms with Crippen LogP contribution in [0, 0.1) is 0 Å². The van der Waals surface area contributed by atoms with Gasteiger partial charge in [0, 0.05) is 0 Å². The quantitative estimate of drug-likeness (QED) is 0.560. The fourth-order valence-electron chi connectivity index (χ4n) is 1.52. The molecule has 1 rings (SSSR count). The third-order valence-electron chi connectivity index (χ3n) is 2.07. The molecule has 10 heavy (non-hydrogen) atoms. The fourth-order valence-corrected chi connectivity index (χ4v) is 4.12. The van der Waals surface area contributed by atoms with Gasteiger partial charge in [-0.25, -0.2) is 0 Å². The molecule has 52 valence electrons. The van der Waals surface area contributed by atoms with Crippen LogP contribution in [-0.2, 0) is 0 Å². The van der Waals surface area contributed by atoms with E-state index >= 15 is 0 Å². The molecule has 0 N–H and O–H groups in total. The summed E-state index contributed by atoms with van der Waals surface area (Å²) in [5.74, 6) is 0. The van der Waals surface area contributed by atoms with Crippen LogP contribution in [0.3, 0.4) is 0 Å². The Labute approximate surface area is 81.7 Å². The molecule has 0 fully saturated rings. The molecule has 0 aromatic rings.